The third-order valence-corrected chi connectivity index (χ3v) is 17.3. The highest BCUT2D eigenvalue weighted by Crippen LogP contribution is 2.47. The number of ether oxygens (including phenoxy) is 1. The van der Waals surface area contributed by atoms with Crippen LogP contribution in [0.4, 0.5) is 13.2 Å². The molecule has 0 saturated carbocycles. The normalized spacial score (nSPS) is 13.5. The zero-order chi connectivity index (χ0) is 61.8. The number of carbonyl (C=O) groups is 1. The van der Waals surface area contributed by atoms with E-state index in [0.29, 0.717) is 11.8 Å². The van der Waals surface area contributed by atoms with Crippen LogP contribution in [0, 0.1) is 136 Å². The predicted molar refractivity (Wildman–Crippen MR) is 355 cm³/mol. The lowest BCUT2D eigenvalue weighted by Gasteiger charge is -2.34. The van der Waals surface area contributed by atoms with E-state index in [9.17, 15) is 18.0 Å². The van der Waals surface area contributed by atoms with Crippen LogP contribution in [0.1, 0.15) is 155 Å². The molecule has 84 heavy (non-hydrogen) atoms. The van der Waals surface area contributed by atoms with Gasteiger partial charge in [-0.1, -0.05) is 143 Å². The molecule has 0 bridgehead atoms. The maximum Gasteiger partial charge on any atom is 0.402 e. The van der Waals surface area contributed by atoms with Crippen LogP contribution >= 0.6 is 0 Å². The predicted octanol–water partition coefficient (Wildman–Crippen LogP) is 22.5. The van der Waals surface area contributed by atoms with Crippen molar-refractivity contribution in [3.05, 3.63) is 286 Å². The van der Waals surface area contributed by atoms with Crippen LogP contribution in [0.3, 0.4) is 0 Å². The topological polar surface area (TPSA) is 26.3 Å². The minimum atomic E-state index is -4.36. The number of ketones is 1. The van der Waals surface area contributed by atoms with Gasteiger partial charge >= 0.3 is 6.18 Å². The van der Waals surface area contributed by atoms with E-state index >= 15 is 0 Å². The van der Waals surface area contributed by atoms with Gasteiger partial charge in [-0.3, -0.25) is 4.79 Å². The van der Waals surface area contributed by atoms with Crippen LogP contribution in [0.2, 0.25) is 0 Å². The molecule has 8 aromatic rings. The molecule has 0 fully saturated rings. The molecule has 2 atom stereocenters. The van der Waals surface area contributed by atoms with Crippen LogP contribution in [-0.2, 0) is 5.41 Å². The smallest absolute Gasteiger partial charge is 0.402 e. The van der Waals surface area contributed by atoms with Crippen molar-refractivity contribution in [2.24, 2.45) is 11.8 Å². The quantitative estimate of drug-likeness (QED) is 0.149. The second kappa shape index (κ2) is 29.8. The van der Waals surface area contributed by atoms with Gasteiger partial charge in [-0.15, -0.1) is 0 Å². The fraction of sp³-hybridized carbons (Fsp3) is 0.329. The van der Waals surface area contributed by atoms with Gasteiger partial charge in [-0.05, 0) is 302 Å². The molecular weight excluding hydrogens is 1040 g/mol. The molecule has 2 nitrogen and oxygen atoms in total. The monoisotopic (exact) mass is 1130 g/mol. The summed E-state index contributed by atoms with van der Waals surface area (Å²) < 4.78 is 47.7. The van der Waals surface area contributed by atoms with E-state index in [2.05, 4.69) is 176 Å². The summed E-state index contributed by atoms with van der Waals surface area (Å²) in [5, 5.41) is 0. The molecule has 0 saturated heterocycles. The maximum atomic E-state index is 13.9. The first-order chi connectivity index (χ1) is 38.8. The first-order valence-corrected chi connectivity index (χ1v) is 29.1. The van der Waals surface area contributed by atoms with Gasteiger partial charge in [0.15, 0.2) is 5.78 Å². The Bertz CT molecular complexity index is 3430. The van der Waals surface area contributed by atoms with Crippen LogP contribution in [0.5, 0.6) is 5.75 Å². The summed E-state index contributed by atoms with van der Waals surface area (Å²) >= 11 is 0. The van der Waals surface area contributed by atoms with Crippen LogP contribution in [-0.4, -0.2) is 12.0 Å². The first kappa shape index (κ1) is 69.0. The highest BCUT2D eigenvalue weighted by atomic mass is 19.4. The van der Waals surface area contributed by atoms with Gasteiger partial charge in [0.1, 0.15) is 16.9 Å². The lowest BCUT2D eigenvalue weighted by molar-refractivity contribution is -0.173. The number of alkyl halides is 3. The fourth-order valence-electron chi connectivity index (χ4n) is 9.35. The lowest BCUT2D eigenvalue weighted by atomic mass is 9.74. The molecule has 0 amide bonds. The molecule has 0 aromatic heterocycles. The number of halogens is 3. The SMILES string of the molecule is C.Cc1cc(C)c(C)cc1C.Cc1ccc(-c2ccc(C)c(C)c2)cc1C.Cc1ccc(C(=O)c2ccc(C)c(C)c2)cc1C.Cc1ccc(C(C)(c2ccc(C)c(C)c2)C(F)(F)F)cc1C.Cc1ccc(OC2=CC(C)C(C)C=C2)cc1C. The number of aryl methyl sites for hydroxylation is 18. The zero-order valence-corrected chi connectivity index (χ0v) is 53.6. The van der Waals surface area contributed by atoms with Gasteiger partial charge in [-0.2, -0.15) is 13.2 Å². The third-order valence-electron chi connectivity index (χ3n) is 17.3. The molecule has 8 aromatic carbocycles. The molecule has 2 unspecified atom stereocenters. The van der Waals surface area contributed by atoms with Crippen molar-refractivity contribution < 1.29 is 22.7 Å². The van der Waals surface area contributed by atoms with Crippen molar-refractivity contribution in [2.45, 2.75) is 164 Å². The van der Waals surface area contributed by atoms with Crippen LogP contribution in [0.15, 0.2) is 164 Å². The van der Waals surface area contributed by atoms with E-state index in [1.807, 2.05) is 84.0 Å². The summed E-state index contributed by atoms with van der Waals surface area (Å²) in [6, 6.07) is 45.8. The largest absolute Gasteiger partial charge is 0.458 e. The Morgan fingerprint density at radius 3 is 1.00 bits per heavy atom. The Hall–Kier alpha value is -7.50. The average Bonchev–Trinajstić information content (AvgIpc) is 1.87. The van der Waals surface area contributed by atoms with Gasteiger partial charge in [-0.25, -0.2) is 0 Å². The first-order valence-electron chi connectivity index (χ1n) is 29.1. The summed E-state index contributed by atoms with van der Waals surface area (Å²) in [6.07, 6.45) is 2.11. The van der Waals surface area contributed by atoms with E-state index in [1.54, 1.807) is 36.4 Å². The molecule has 0 heterocycles. The maximum absolute atomic E-state index is 13.9. The number of hydrogen-bond donors (Lipinski definition) is 0. The van der Waals surface area contributed by atoms with E-state index in [1.165, 1.54) is 84.8 Å². The molecular formula is C79H95F3O2. The Morgan fingerprint density at radius 1 is 0.369 bits per heavy atom. The zero-order valence-electron chi connectivity index (χ0n) is 53.6. The number of rotatable bonds is 7. The van der Waals surface area contributed by atoms with Crippen molar-refractivity contribution in [2.75, 3.05) is 0 Å². The van der Waals surface area contributed by atoms with Gasteiger partial charge in [0, 0.05) is 11.1 Å². The van der Waals surface area contributed by atoms with Crippen molar-refractivity contribution in [3.8, 4) is 16.9 Å². The van der Waals surface area contributed by atoms with Crippen molar-refractivity contribution in [3.63, 3.8) is 0 Å². The molecule has 0 N–H and O–H groups in total. The Balaban J connectivity index is 0.000000228. The number of hydrogen-bond acceptors (Lipinski definition) is 2. The molecule has 9 rings (SSSR count). The number of carbonyl (C=O) groups excluding carboxylic acids is 1. The van der Waals surface area contributed by atoms with Crippen molar-refractivity contribution in [1.82, 2.24) is 0 Å². The number of allylic oxidation sites excluding steroid dienone is 3. The summed E-state index contributed by atoms with van der Waals surface area (Å²) in [4.78, 5) is 12.4. The molecule has 1 aliphatic rings. The molecule has 1 aliphatic carbocycles. The van der Waals surface area contributed by atoms with E-state index < -0.39 is 11.6 Å². The standard InChI is InChI=1S/C19H21F3.C17H18O.C16H20O.C16H18.C10H14.CH4/c1-12-6-8-16(10-14(12)3)18(5,19(20,21)22)17-9-7-13(2)15(4)11-17;1-11-5-7-15(9-13(11)3)17(18)16-8-6-12(2)14(4)10-16;1-11-5-7-15(9-13(11)3)17-16-8-6-12(2)14(4)10-16;1-11-5-7-15(9-13(11)3)16-8-6-12(2)14(4)10-16;1-7-5-9(3)10(4)6-8(7)2;/h6-11H,1-5H3;5-10H,1-4H3;5-11,13H,1-4H3;5-10H,1-4H3;5-6H,1-4H3;1H4. The molecule has 0 aliphatic heterocycles. The van der Waals surface area contributed by atoms with E-state index in [-0.39, 0.29) is 24.3 Å². The highest BCUT2D eigenvalue weighted by Gasteiger charge is 2.53. The number of benzene rings is 8. The van der Waals surface area contributed by atoms with Gasteiger partial charge in [0.05, 0.1) is 0 Å². The summed E-state index contributed by atoms with van der Waals surface area (Å²) in [5.74, 6) is 3.12. The van der Waals surface area contributed by atoms with Gasteiger partial charge < -0.3 is 4.74 Å². The minimum absolute atomic E-state index is 0. The van der Waals surface area contributed by atoms with E-state index in [4.69, 9.17) is 4.74 Å². The minimum Gasteiger partial charge on any atom is -0.458 e. The second-order valence-corrected chi connectivity index (χ2v) is 23.8. The second-order valence-electron chi connectivity index (χ2n) is 23.8. The molecule has 444 valence electrons. The van der Waals surface area contributed by atoms with Crippen molar-refractivity contribution in [1.29, 1.82) is 0 Å². The molecule has 5 heteroatoms. The highest BCUT2D eigenvalue weighted by molar-refractivity contribution is 6.09. The van der Waals surface area contributed by atoms with Crippen LogP contribution in [0.25, 0.3) is 11.1 Å². The Kier molecular flexibility index (Phi) is 24.5. The molecule has 0 radical (unpaired) electrons. The summed E-state index contributed by atoms with van der Waals surface area (Å²) in [7, 11) is 0. The van der Waals surface area contributed by atoms with Crippen molar-refractivity contribution >= 4 is 5.78 Å². The van der Waals surface area contributed by atoms with Crippen LogP contribution < -0.4 is 4.74 Å². The van der Waals surface area contributed by atoms with Gasteiger partial charge in [0.25, 0.3) is 0 Å². The van der Waals surface area contributed by atoms with E-state index in [0.717, 1.165) is 56.0 Å². The summed E-state index contributed by atoms with van der Waals surface area (Å²) in [6.45, 7) is 42.9. The fourth-order valence-corrected chi connectivity index (χ4v) is 9.35. The lowest BCUT2D eigenvalue weighted by Crippen LogP contribution is -2.40. The summed E-state index contributed by atoms with van der Waals surface area (Å²) in [5.41, 5.74) is 24.7. The molecule has 0 spiro atoms. The third kappa shape index (κ3) is 18.0. The van der Waals surface area contributed by atoms with Gasteiger partial charge in [0.2, 0.25) is 0 Å². The average molecular weight is 1130 g/mol. The Morgan fingerprint density at radius 2 is 0.679 bits per heavy atom. The Labute approximate surface area is 505 Å².